The molecule has 0 atom stereocenters. The zero-order valence-electron chi connectivity index (χ0n) is 12.2. The van der Waals surface area contributed by atoms with Crippen molar-refractivity contribution in [3.63, 3.8) is 0 Å². The Morgan fingerprint density at radius 2 is 1.88 bits per heavy atom. The van der Waals surface area contributed by atoms with Gasteiger partial charge in [0.1, 0.15) is 11.6 Å². The Labute approximate surface area is 155 Å². The molecule has 0 radical (unpaired) electrons. The molecule has 7 heteroatoms. The fourth-order valence-corrected chi connectivity index (χ4v) is 3.55. The Balaban J connectivity index is 1.81. The number of carbonyl (C=O) groups is 2. The lowest BCUT2D eigenvalue weighted by Gasteiger charge is -2.12. The van der Waals surface area contributed by atoms with Gasteiger partial charge < -0.3 is 5.11 Å². The highest BCUT2D eigenvalue weighted by Crippen LogP contribution is 2.34. The van der Waals surface area contributed by atoms with Crippen LogP contribution in [-0.4, -0.2) is 21.2 Å². The number of aromatic hydroxyl groups is 1. The van der Waals surface area contributed by atoms with Gasteiger partial charge in [-0.1, -0.05) is 18.2 Å². The van der Waals surface area contributed by atoms with Crippen LogP contribution in [0.3, 0.4) is 0 Å². The number of carbonyl (C=O) groups excluding carboxylic acids is 2. The second kappa shape index (κ2) is 6.94. The summed E-state index contributed by atoms with van der Waals surface area (Å²) in [6.07, 6.45) is 1.62. The molecule has 1 N–H and O–H groups in total. The van der Waals surface area contributed by atoms with E-state index in [-0.39, 0.29) is 29.3 Å². The summed E-state index contributed by atoms with van der Waals surface area (Å²) in [4.78, 5) is 26.0. The molecule has 1 aliphatic heterocycles. The molecule has 0 bridgehead atoms. The van der Waals surface area contributed by atoms with Gasteiger partial charge in [0.2, 0.25) is 0 Å². The van der Waals surface area contributed by atoms with E-state index in [9.17, 15) is 19.1 Å². The molecule has 0 saturated carbocycles. The number of imide groups is 1. The maximum absolute atomic E-state index is 12.9. The van der Waals surface area contributed by atoms with Crippen molar-refractivity contribution in [2.75, 3.05) is 0 Å². The van der Waals surface area contributed by atoms with Crippen LogP contribution >= 0.6 is 34.4 Å². The Hall–Kier alpha value is -1.87. The van der Waals surface area contributed by atoms with E-state index in [4.69, 9.17) is 0 Å². The summed E-state index contributed by atoms with van der Waals surface area (Å²) in [7, 11) is 0. The van der Waals surface area contributed by atoms with Gasteiger partial charge in [0.05, 0.1) is 15.0 Å². The van der Waals surface area contributed by atoms with Gasteiger partial charge >= 0.3 is 0 Å². The van der Waals surface area contributed by atoms with Crippen LogP contribution in [0.4, 0.5) is 9.18 Å². The van der Waals surface area contributed by atoms with Gasteiger partial charge in [-0.05, 0) is 75.8 Å². The predicted molar refractivity (Wildman–Crippen MR) is 98.7 cm³/mol. The minimum Gasteiger partial charge on any atom is -0.507 e. The SMILES string of the molecule is O=C1S/C(=C/c2ccc(O)c(I)c2)C(=O)N1Cc1ccc(F)cc1. The lowest BCUT2D eigenvalue weighted by molar-refractivity contribution is -0.123. The van der Waals surface area contributed by atoms with Crippen LogP contribution in [0.1, 0.15) is 11.1 Å². The normalized spacial score (nSPS) is 16.2. The molecule has 122 valence electrons. The van der Waals surface area contributed by atoms with E-state index in [0.717, 1.165) is 22.2 Å². The summed E-state index contributed by atoms with van der Waals surface area (Å²) >= 11 is 2.86. The van der Waals surface area contributed by atoms with E-state index < -0.39 is 0 Å². The van der Waals surface area contributed by atoms with Crippen molar-refractivity contribution in [2.24, 2.45) is 0 Å². The van der Waals surface area contributed by atoms with Crippen molar-refractivity contribution >= 4 is 51.6 Å². The van der Waals surface area contributed by atoms with E-state index in [0.29, 0.717) is 14.0 Å². The fraction of sp³-hybridized carbons (Fsp3) is 0.0588. The van der Waals surface area contributed by atoms with Gasteiger partial charge in [0.25, 0.3) is 11.1 Å². The monoisotopic (exact) mass is 455 g/mol. The molecule has 0 spiro atoms. The molecule has 4 nitrogen and oxygen atoms in total. The molecule has 2 aromatic carbocycles. The van der Waals surface area contributed by atoms with E-state index in [2.05, 4.69) is 0 Å². The Morgan fingerprint density at radius 1 is 1.17 bits per heavy atom. The number of nitrogens with zero attached hydrogens (tertiary/aromatic N) is 1. The van der Waals surface area contributed by atoms with Crippen LogP contribution < -0.4 is 0 Å². The number of benzene rings is 2. The van der Waals surface area contributed by atoms with Crippen molar-refractivity contribution in [1.29, 1.82) is 0 Å². The third-order valence-corrected chi connectivity index (χ3v) is 5.17. The van der Waals surface area contributed by atoms with E-state index in [1.54, 1.807) is 30.3 Å². The van der Waals surface area contributed by atoms with Crippen LogP contribution in [0.5, 0.6) is 5.75 Å². The van der Waals surface area contributed by atoms with E-state index in [1.165, 1.54) is 18.2 Å². The molecular formula is C17H11FINO3S. The summed E-state index contributed by atoms with van der Waals surface area (Å²) in [5.74, 6) is -0.579. The van der Waals surface area contributed by atoms with Crippen LogP contribution in [0, 0.1) is 9.39 Å². The largest absolute Gasteiger partial charge is 0.507 e. The van der Waals surface area contributed by atoms with Crippen molar-refractivity contribution in [1.82, 2.24) is 4.90 Å². The van der Waals surface area contributed by atoms with Crippen molar-refractivity contribution in [2.45, 2.75) is 6.54 Å². The van der Waals surface area contributed by atoms with E-state index >= 15 is 0 Å². The quantitative estimate of drug-likeness (QED) is 0.552. The summed E-state index contributed by atoms with van der Waals surface area (Å²) in [6.45, 7) is 0.107. The smallest absolute Gasteiger partial charge is 0.293 e. The molecule has 1 heterocycles. The summed E-state index contributed by atoms with van der Waals surface area (Å²) < 4.78 is 13.6. The minimum absolute atomic E-state index is 0.107. The maximum Gasteiger partial charge on any atom is 0.293 e. The average molecular weight is 455 g/mol. The lowest BCUT2D eigenvalue weighted by atomic mass is 10.2. The number of rotatable bonds is 3. The number of amides is 2. The van der Waals surface area contributed by atoms with Gasteiger partial charge in [0, 0.05) is 0 Å². The van der Waals surface area contributed by atoms with Gasteiger partial charge in [-0.25, -0.2) is 4.39 Å². The van der Waals surface area contributed by atoms with Crippen LogP contribution in [0.2, 0.25) is 0 Å². The highest BCUT2D eigenvalue weighted by molar-refractivity contribution is 14.1. The standard InChI is InChI=1S/C17H11FINO3S/c18-12-4-1-10(2-5-12)9-20-16(22)15(24-17(20)23)8-11-3-6-14(21)13(19)7-11/h1-8,21H,9H2/b15-8+. The molecule has 0 aromatic heterocycles. The van der Waals surface area contributed by atoms with Crippen molar-refractivity contribution in [3.8, 4) is 5.75 Å². The summed E-state index contributed by atoms with van der Waals surface area (Å²) in [5, 5.41) is 9.18. The van der Waals surface area contributed by atoms with Crippen molar-refractivity contribution in [3.05, 3.63) is 67.9 Å². The number of phenols is 1. The summed E-state index contributed by atoms with van der Waals surface area (Å²) in [5.41, 5.74) is 1.41. The first-order valence-electron chi connectivity index (χ1n) is 6.92. The molecule has 3 rings (SSSR count). The van der Waals surface area contributed by atoms with Crippen LogP contribution in [-0.2, 0) is 11.3 Å². The maximum atomic E-state index is 12.9. The Kier molecular flexibility index (Phi) is 4.91. The van der Waals surface area contributed by atoms with Gasteiger partial charge in [0.15, 0.2) is 0 Å². The first-order chi connectivity index (χ1) is 11.4. The van der Waals surface area contributed by atoms with Crippen LogP contribution in [0.25, 0.3) is 6.08 Å². The van der Waals surface area contributed by atoms with E-state index in [1.807, 2.05) is 22.6 Å². The number of hydrogen-bond acceptors (Lipinski definition) is 4. The topological polar surface area (TPSA) is 57.6 Å². The summed E-state index contributed by atoms with van der Waals surface area (Å²) in [6, 6.07) is 10.6. The molecular weight excluding hydrogens is 444 g/mol. The number of hydrogen-bond donors (Lipinski definition) is 1. The van der Waals surface area contributed by atoms with Crippen LogP contribution in [0.15, 0.2) is 47.4 Å². The average Bonchev–Trinajstić information content (AvgIpc) is 2.80. The highest BCUT2D eigenvalue weighted by Gasteiger charge is 2.34. The fourth-order valence-electron chi connectivity index (χ4n) is 2.17. The molecule has 1 fully saturated rings. The third-order valence-electron chi connectivity index (χ3n) is 3.40. The second-order valence-electron chi connectivity index (χ2n) is 5.11. The van der Waals surface area contributed by atoms with Gasteiger partial charge in [-0.3, -0.25) is 14.5 Å². The second-order valence-corrected chi connectivity index (χ2v) is 7.26. The predicted octanol–water partition coefficient (Wildman–Crippen LogP) is 4.37. The third kappa shape index (κ3) is 3.62. The Morgan fingerprint density at radius 3 is 2.54 bits per heavy atom. The lowest BCUT2D eigenvalue weighted by Crippen LogP contribution is -2.27. The molecule has 1 aliphatic rings. The highest BCUT2D eigenvalue weighted by atomic mass is 127. The van der Waals surface area contributed by atoms with Gasteiger partial charge in [-0.15, -0.1) is 0 Å². The first kappa shape index (κ1) is 17.0. The zero-order chi connectivity index (χ0) is 17.3. The Bertz CT molecular complexity index is 851. The molecule has 1 saturated heterocycles. The van der Waals surface area contributed by atoms with Gasteiger partial charge in [-0.2, -0.15) is 0 Å². The molecule has 2 amide bonds. The first-order valence-corrected chi connectivity index (χ1v) is 8.82. The minimum atomic E-state index is -0.377. The molecule has 0 aliphatic carbocycles. The molecule has 24 heavy (non-hydrogen) atoms. The molecule has 2 aromatic rings. The number of halogens is 2. The molecule has 0 unspecified atom stereocenters. The number of phenolic OH excluding ortho intramolecular Hbond substituents is 1. The number of thioether (sulfide) groups is 1. The van der Waals surface area contributed by atoms with Crippen molar-refractivity contribution < 1.29 is 19.1 Å². The zero-order valence-corrected chi connectivity index (χ0v) is 15.2.